The lowest BCUT2D eigenvalue weighted by Gasteiger charge is -2.13. The Labute approximate surface area is 221 Å². The molecule has 0 saturated heterocycles. The molecule has 3 heterocycles. The van der Waals surface area contributed by atoms with Crippen LogP contribution < -0.4 is 20.7 Å². The molecule has 0 aliphatic heterocycles. The van der Waals surface area contributed by atoms with Gasteiger partial charge in [-0.25, -0.2) is 4.79 Å². The molecular formula is C26H28F3N5O5. The Balaban J connectivity index is 1.90. The molecule has 0 fully saturated rings. The summed E-state index contributed by atoms with van der Waals surface area (Å²) in [5.74, 6) is -0.478. The zero-order chi connectivity index (χ0) is 28.2. The van der Waals surface area contributed by atoms with Crippen LogP contribution in [0, 0.1) is 6.92 Å². The van der Waals surface area contributed by atoms with Crippen molar-refractivity contribution in [3.63, 3.8) is 0 Å². The number of benzene rings is 1. The third-order valence-corrected chi connectivity index (χ3v) is 5.82. The molecule has 39 heavy (non-hydrogen) atoms. The SMILES string of the molecule is CCCn1c(=O)n(CCCOC)c(=O)c2c1nc(Oc1cccc(OC(F)(F)F)c1)n2Cc1ccc(C)nc1. The molecule has 4 aromatic rings. The molecule has 13 heteroatoms. The summed E-state index contributed by atoms with van der Waals surface area (Å²) in [6, 6.07) is 8.53. The first-order chi connectivity index (χ1) is 18.6. The van der Waals surface area contributed by atoms with Crippen molar-refractivity contribution in [2.24, 2.45) is 0 Å². The van der Waals surface area contributed by atoms with E-state index in [0.717, 1.165) is 28.0 Å². The number of aromatic nitrogens is 5. The highest BCUT2D eigenvalue weighted by molar-refractivity contribution is 5.72. The van der Waals surface area contributed by atoms with E-state index in [-0.39, 0.29) is 42.6 Å². The number of imidazole rings is 1. The summed E-state index contributed by atoms with van der Waals surface area (Å²) in [7, 11) is 1.53. The molecule has 0 bridgehead atoms. The minimum Gasteiger partial charge on any atom is -0.425 e. The van der Waals surface area contributed by atoms with Gasteiger partial charge in [0.2, 0.25) is 0 Å². The lowest BCUT2D eigenvalue weighted by atomic mass is 10.2. The van der Waals surface area contributed by atoms with Gasteiger partial charge in [0.15, 0.2) is 11.2 Å². The summed E-state index contributed by atoms with van der Waals surface area (Å²) in [5.41, 5.74) is 0.683. The van der Waals surface area contributed by atoms with Gasteiger partial charge in [0, 0.05) is 44.8 Å². The van der Waals surface area contributed by atoms with Crippen molar-refractivity contribution in [3.05, 3.63) is 74.7 Å². The molecule has 1 aromatic carbocycles. The van der Waals surface area contributed by atoms with Crippen LogP contribution in [0.15, 0.2) is 52.2 Å². The number of fused-ring (bicyclic) bond motifs is 1. The summed E-state index contributed by atoms with van der Waals surface area (Å²) in [6.07, 6.45) is -2.21. The van der Waals surface area contributed by atoms with Gasteiger partial charge in [-0.1, -0.05) is 19.1 Å². The van der Waals surface area contributed by atoms with E-state index in [4.69, 9.17) is 9.47 Å². The predicted molar refractivity (Wildman–Crippen MR) is 136 cm³/mol. The number of rotatable bonds is 11. The molecule has 0 radical (unpaired) electrons. The Hall–Kier alpha value is -4.13. The van der Waals surface area contributed by atoms with E-state index in [2.05, 4.69) is 14.7 Å². The first kappa shape index (κ1) is 27.9. The summed E-state index contributed by atoms with van der Waals surface area (Å²) >= 11 is 0. The third kappa shape index (κ3) is 6.48. The van der Waals surface area contributed by atoms with Crippen molar-refractivity contribution >= 4 is 11.2 Å². The first-order valence-corrected chi connectivity index (χ1v) is 12.3. The second kappa shape index (κ2) is 11.7. The smallest absolute Gasteiger partial charge is 0.425 e. The maximum absolute atomic E-state index is 13.7. The van der Waals surface area contributed by atoms with E-state index >= 15 is 0 Å². The second-order valence-corrected chi connectivity index (χ2v) is 8.82. The number of aryl methyl sites for hydroxylation is 2. The fourth-order valence-corrected chi connectivity index (χ4v) is 4.10. The monoisotopic (exact) mass is 547 g/mol. The largest absolute Gasteiger partial charge is 0.573 e. The fourth-order valence-electron chi connectivity index (χ4n) is 4.10. The number of pyridine rings is 1. The van der Waals surface area contributed by atoms with Gasteiger partial charge >= 0.3 is 18.1 Å². The van der Waals surface area contributed by atoms with Gasteiger partial charge in [0.05, 0.1) is 6.54 Å². The maximum Gasteiger partial charge on any atom is 0.573 e. The molecule has 4 rings (SSSR count). The molecule has 208 valence electrons. The summed E-state index contributed by atoms with van der Waals surface area (Å²) in [5, 5.41) is 0. The molecule has 0 N–H and O–H groups in total. The summed E-state index contributed by atoms with van der Waals surface area (Å²) in [6.45, 7) is 4.61. The molecule has 0 unspecified atom stereocenters. The van der Waals surface area contributed by atoms with Crippen molar-refractivity contribution in [1.29, 1.82) is 0 Å². The van der Waals surface area contributed by atoms with Crippen molar-refractivity contribution in [1.82, 2.24) is 23.7 Å². The van der Waals surface area contributed by atoms with Gasteiger partial charge in [-0.15, -0.1) is 13.2 Å². The van der Waals surface area contributed by atoms with Crippen LogP contribution in [0.25, 0.3) is 11.2 Å². The Kier molecular flexibility index (Phi) is 8.38. The van der Waals surface area contributed by atoms with Gasteiger partial charge in [0.25, 0.3) is 5.56 Å². The molecule has 0 spiro atoms. The standard InChI is InChI=1S/C26H28F3N5O5/c1-4-11-32-22-21(23(35)33(25(32)36)12-6-13-37-3)34(16-18-10-9-17(2)30-15-18)24(31-22)38-19-7-5-8-20(14-19)39-26(27,28)29/h5,7-10,14-15H,4,6,11-13,16H2,1-3H3. The topological polar surface area (TPSA) is 102 Å². The number of ether oxygens (including phenoxy) is 3. The van der Waals surface area contributed by atoms with Gasteiger partial charge in [-0.05, 0) is 43.5 Å². The van der Waals surface area contributed by atoms with Crippen molar-refractivity contribution in [2.75, 3.05) is 13.7 Å². The summed E-state index contributed by atoms with van der Waals surface area (Å²) < 4.78 is 57.3. The minimum atomic E-state index is -4.88. The normalized spacial score (nSPS) is 11.7. The van der Waals surface area contributed by atoms with E-state index in [9.17, 15) is 22.8 Å². The van der Waals surface area contributed by atoms with Crippen molar-refractivity contribution < 1.29 is 27.4 Å². The second-order valence-electron chi connectivity index (χ2n) is 8.82. The lowest BCUT2D eigenvalue weighted by Crippen LogP contribution is -2.41. The van der Waals surface area contributed by atoms with Crippen molar-refractivity contribution in [3.8, 4) is 17.5 Å². The molecule has 10 nitrogen and oxygen atoms in total. The molecule has 3 aromatic heterocycles. The molecule has 0 atom stereocenters. The molecule has 0 amide bonds. The third-order valence-electron chi connectivity index (χ3n) is 5.82. The zero-order valence-corrected chi connectivity index (χ0v) is 21.7. The van der Waals surface area contributed by atoms with Crippen LogP contribution >= 0.6 is 0 Å². The number of methoxy groups -OCH3 is 1. The first-order valence-electron chi connectivity index (χ1n) is 12.3. The van der Waals surface area contributed by atoms with Gasteiger partial charge in [-0.2, -0.15) is 4.98 Å². The Bertz CT molecular complexity index is 1560. The molecule has 0 saturated carbocycles. The van der Waals surface area contributed by atoms with Gasteiger partial charge in [-0.3, -0.25) is 23.5 Å². The van der Waals surface area contributed by atoms with Gasteiger partial charge < -0.3 is 14.2 Å². The van der Waals surface area contributed by atoms with E-state index in [1.54, 1.807) is 6.20 Å². The Morgan fingerprint density at radius 3 is 2.44 bits per heavy atom. The maximum atomic E-state index is 13.7. The average Bonchev–Trinajstić information content (AvgIpc) is 3.22. The van der Waals surface area contributed by atoms with Crippen LogP contribution in [-0.2, 0) is 24.4 Å². The van der Waals surface area contributed by atoms with E-state index in [1.807, 2.05) is 26.0 Å². The number of hydrogen-bond acceptors (Lipinski definition) is 7. The highest BCUT2D eigenvalue weighted by Gasteiger charge is 2.31. The van der Waals surface area contributed by atoms with Gasteiger partial charge in [0.1, 0.15) is 11.5 Å². The fraction of sp³-hybridized carbons (Fsp3) is 0.385. The lowest BCUT2D eigenvalue weighted by molar-refractivity contribution is -0.274. The number of alkyl halides is 3. The van der Waals surface area contributed by atoms with E-state index < -0.39 is 23.4 Å². The number of halogens is 3. The van der Waals surface area contributed by atoms with Crippen LogP contribution in [0.1, 0.15) is 31.0 Å². The highest BCUT2D eigenvalue weighted by atomic mass is 19.4. The molecular weight excluding hydrogens is 519 g/mol. The Morgan fingerprint density at radius 1 is 1.00 bits per heavy atom. The van der Waals surface area contributed by atoms with Crippen molar-refractivity contribution in [2.45, 2.75) is 52.7 Å². The van der Waals surface area contributed by atoms with E-state index in [0.29, 0.717) is 19.4 Å². The quantitative estimate of drug-likeness (QED) is 0.259. The van der Waals surface area contributed by atoms with E-state index in [1.165, 1.54) is 28.4 Å². The number of hydrogen-bond donors (Lipinski definition) is 0. The van der Waals surface area contributed by atoms with Crippen LogP contribution in [0.3, 0.4) is 0 Å². The Morgan fingerprint density at radius 2 is 1.77 bits per heavy atom. The molecule has 0 aliphatic rings. The minimum absolute atomic E-state index is 0.000135. The molecule has 0 aliphatic carbocycles. The van der Waals surface area contributed by atoms with Crippen LogP contribution in [0.4, 0.5) is 13.2 Å². The summed E-state index contributed by atoms with van der Waals surface area (Å²) in [4.78, 5) is 35.8. The zero-order valence-electron chi connectivity index (χ0n) is 21.7. The predicted octanol–water partition coefficient (Wildman–Crippen LogP) is 4.25. The number of nitrogens with zero attached hydrogens (tertiary/aromatic N) is 5. The highest BCUT2D eigenvalue weighted by Crippen LogP contribution is 2.30. The van der Waals surface area contributed by atoms with Crippen LogP contribution in [0.5, 0.6) is 17.5 Å². The van der Waals surface area contributed by atoms with Crippen LogP contribution in [0.2, 0.25) is 0 Å². The van der Waals surface area contributed by atoms with Crippen LogP contribution in [-0.4, -0.2) is 43.7 Å². The average molecular weight is 548 g/mol.